The van der Waals surface area contributed by atoms with Crippen LogP contribution in [0, 0.1) is 0 Å². The molecule has 23 heavy (non-hydrogen) atoms. The van der Waals surface area contributed by atoms with E-state index in [9.17, 15) is 13.2 Å². The van der Waals surface area contributed by atoms with Crippen LogP contribution in [0.4, 0.5) is 0 Å². The Kier molecular flexibility index (Phi) is 6.01. The summed E-state index contributed by atoms with van der Waals surface area (Å²) < 4.78 is 26.4. The van der Waals surface area contributed by atoms with E-state index in [2.05, 4.69) is 10.0 Å². The van der Waals surface area contributed by atoms with Crippen LogP contribution in [0.15, 0.2) is 53.4 Å². The number of hydrogen-bond acceptors (Lipinski definition) is 3. The summed E-state index contributed by atoms with van der Waals surface area (Å²) >= 11 is 11.5. The van der Waals surface area contributed by atoms with E-state index in [0.29, 0.717) is 6.54 Å². The predicted octanol–water partition coefficient (Wildman–Crippen LogP) is 2.59. The number of hydrogen-bond donors (Lipinski definition) is 2. The van der Waals surface area contributed by atoms with Crippen LogP contribution >= 0.6 is 23.2 Å². The van der Waals surface area contributed by atoms with Crippen molar-refractivity contribution in [3.05, 3.63) is 64.1 Å². The van der Waals surface area contributed by atoms with Gasteiger partial charge in [-0.25, -0.2) is 13.1 Å². The van der Waals surface area contributed by atoms with Crippen LogP contribution < -0.4 is 10.0 Å². The van der Waals surface area contributed by atoms with Gasteiger partial charge in [-0.05, 0) is 23.8 Å². The Labute approximate surface area is 144 Å². The molecule has 0 heterocycles. The number of amides is 1. The number of carbonyl (C=O) groups excluding carboxylic acids is 1. The van der Waals surface area contributed by atoms with E-state index in [4.69, 9.17) is 23.2 Å². The smallest absolute Gasteiger partial charge is 0.241 e. The first-order chi connectivity index (χ1) is 10.9. The second-order valence-electron chi connectivity index (χ2n) is 4.66. The van der Waals surface area contributed by atoms with E-state index in [1.807, 2.05) is 30.3 Å². The van der Waals surface area contributed by atoms with Crippen molar-refractivity contribution in [2.24, 2.45) is 0 Å². The van der Waals surface area contributed by atoms with Gasteiger partial charge in [0.15, 0.2) is 0 Å². The molecule has 2 N–H and O–H groups in total. The summed E-state index contributed by atoms with van der Waals surface area (Å²) in [5, 5.41) is 3.01. The summed E-state index contributed by atoms with van der Waals surface area (Å²) in [5.74, 6) is -0.433. The molecule has 0 fully saturated rings. The van der Waals surface area contributed by atoms with Crippen molar-refractivity contribution in [2.45, 2.75) is 11.4 Å². The first kappa shape index (κ1) is 17.7. The van der Waals surface area contributed by atoms with Gasteiger partial charge in [-0.1, -0.05) is 53.5 Å². The van der Waals surface area contributed by atoms with E-state index < -0.39 is 15.9 Å². The van der Waals surface area contributed by atoms with Crippen molar-refractivity contribution in [1.82, 2.24) is 10.0 Å². The molecule has 0 aliphatic rings. The molecule has 0 bridgehead atoms. The lowest BCUT2D eigenvalue weighted by atomic mass is 10.2. The van der Waals surface area contributed by atoms with Crippen molar-refractivity contribution in [1.29, 1.82) is 0 Å². The Hall–Kier alpha value is -1.60. The van der Waals surface area contributed by atoms with Crippen LogP contribution in [-0.4, -0.2) is 20.9 Å². The van der Waals surface area contributed by atoms with E-state index in [0.717, 1.165) is 5.56 Å². The fraction of sp³-hybridized carbons (Fsp3) is 0.133. The standard InChI is InChI=1S/C15H14Cl2N2O3S/c16-13-7-6-12(8-14(13)17)23(21,22)19-10-15(20)18-9-11-4-2-1-3-5-11/h1-8,19H,9-10H2,(H,18,20). The molecule has 0 aliphatic heterocycles. The SMILES string of the molecule is O=C(CNS(=O)(=O)c1ccc(Cl)c(Cl)c1)NCc1ccccc1. The van der Waals surface area contributed by atoms with Gasteiger partial charge in [-0.2, -0.15) is 0 Å². The first-order valence-corrected chi connectivity index (χ1v) is 8.88. The Morgan fingerprint density at radius 2 is 1.70 bits per heavy atom. The highest BCUT2D eigenvalue weighted by Crippen LogP contribution is 2.24. The third-order valence-electron chi connectivity index (χ3n) is 2.96. The monoisotopic (exact) mass is 372 g/mol. The van der Waals surface area contributed by atoms with Crippen LogP contribution in [0.5, 0.6) is 0 Å². The Bertz CT molecular complexity index is 796. The largest absolute Gasteiger partial charge is 0.351 e. The normalized spacial score (nSPS) is 11.2. The van der Waals surface area contributed by atoms with E-state index in [1.165, 1.54) is 18.2 Å². The van der Waals surface area contributed by atoms with Crippen LogP contribution in [0.1, 0.15) is 5.56 Å². The van der Waals surface area contributed by atoms with Crippen LogP contribution in [0.25, 0.3) is 0 Å². The molecule has 2 aromatic carbocycles. The molecule has 0 aliphatic carbocycles. The fourth-order valence-electron chi connectivity index (χ4n) is 1.75. The van der Waals surface area contributed by atoms with Crippen LogP contribution in [-0.2, 0) is 21.4 Å². The minimum Gasteiger partial charge on any atom is -0.351 e. The molecule has 0 spiro atoms. The lowest BCUT2D eigenvalue weighted by molar-refractivity contribution is -0.120. The van der Waals surface area contributed by atoms with E-state index in [1.54, 1.807) is 0 Å². The van der Waals surface area contributed by atoms with Gasteiger partial charge in [0.1, 0.15) is 0 Å². The third kappa shape index (κ3) is 5.21. The number of sulfonamides is 1. The zero-order chi connectivity index (χ0) is 16.9. The molecule has 122 valence electrons. The number of nitrogens with one attached hydrogen (secondary N) is 2. The topological polar surface area (TPSA) is 75.3 Å². The van der Waals surface area contributed by atoms with Gasteiger partial charge in [0.25, 0.3) is 0 Å². The van der Waals surface area contributed by atoms with Crippen molar-refractivity contribution >= 4 is 39.1 Å². The van der Waals surface area contributed by atoms with Gasteiger partial charge in [0.2, 0.25) is 15.9 Å². The Balaban J connectivity index is 1.91. The quantitative estimate of drug-likeness (QED) is 0.817. The van der Waals surface area contributed by atoms with Crippen molar-refractivity contribution < 1.29 is 13.2 Å². The maximum Gasteiger partial charge on any atom is 0.241 e. The van der Waals surface area contributed by atoms with Gasteiger partial charge in [-0.15, -0.1) is 0 Å². The molecule has 0 saturated carbocycles. The predicted molar refractivity (Wildman–Crippen MR) is 89.9 cm³/mol. The molecule has 2 rings (SSSR count). The highest BCUT2D eigenvalue weighted by molar-refractivity contribution is 7.89. The van der Waals surface area contributed by atoms with Gasteiger partial charge in [-0.3, -0.25) is 4.79 Å². The molecule has 0 atom stereocenters. The van der Waals surface area contributed by atoms with Crippen molar-refractivity contribution in [3.8, 4) is 0 Å². The summed E-state index contributed by atoms with van der Waals surface area (Å²) in [6.45, 7) is -0.0381. The highest BCUT2D eigenvalue weighted by atomic mass is 35.5. The number of rotatable bonds is 6. The zero-order valence-electron chi connectivity index (χ0n) is 11.9. The second kappa shape index (κ2) is 7.79. The summed E-state index contributed by atoms with van der Waals surface area (Å²) in [6, 6.07) is 13.2. The average Bonchev–Trinajstić information content (AvgIpc) is 2.54. The first-order valence-electron chi connectivity index (χ1n) is 6.64. The molecule has 1 amide bonds. The molecule has 5 nitrogen and oxygen atoms in total. The molecule has 0 saturated heterocycles. The lowest BCUT2D eigenvalue weighted by Crippen LogP contribution is -2.36. The van der Waals surface area contributed by atoms with E-state index >= 15 is 0 Å². The summed E-state index contributed by atoms with van der Waals surface area (Å²) in [5.41, 5.74) is 0.924. The maximum absolute atomic E-state index is 12.1. The summed E-state index contributed by atoms with van der Waals surface area (Å²) in [6.07, 6.45) is 0. The Morgan fingerprint density at radius 1 is 1.00 bits per heavy atom. The van der Waals surface area contributed by atoms with Gasteiger partial charge in [0.05, 0.1) is 21.5 Å². The van der Waals surface area contributed by atoms with Gasteiger partial charge < -0.3 is 5.32 Å². The van der Waals surface area contributed by atoms with Crippen molar-refractivity contribution in [3.63, 3.8) is 0 Å². The summed E-state index contributed by atoms with van der Waals surface area (Å²) in [7, 11) is -3.83. The molecule has 0 radical (unpaired) electrons. The minimum atomic E-state index is -3.83. The fourth-order valence-corrected chi connectivity index (χ4v) is 3.12. The lowest BCUT2D eigenvalue weighted by Gasteiger charge is -2.08. The molecule has 0 aromatic heterocycles. The maximum atomic E-state index is 12.1. The van der Waals surface area contributed by atoms with Crippen LogP contribution in [0.2, 0.25) is 10.0 Å². The molecule has 8 heteroatoms. The summed E-state index contributed by atoms with van der Waals surface area (Å²) in [4.78, 5) is 11.7. The van der Waals surface area contributed by atoms with Gasteiger partial charge >= 0.3 is 0 Å². The minimum absolute atomic E-state index is 0.0530. The van der Waals surface area contributed by atoms with Crippen LogP contribution in [0.3, 0.4) is 0 Å². The molecule has 2 aromatic rings. The average molecular weight is 373 g/mol. The second-order valence-corrected chi connectivity index (χ2v) is 7.24. The molecule has 0 unspecified atom stereocenters. The highest BCUT2D eigenvalue weighted by Gasteiger charge is 2.16. The van der Waals surface area contributed by atoms with Gasteiger partial charge in [0, 0.05) is 6.54 Å². The van der Waals surface area contributed by atoms with Crippen molar-refractivity contribution in [2.75, 3.05) is 6.54 Å². The van der Waals surface area contributed by atoms with E-state index in [-0.39, 0.29) is 21.5 Å². The molecular formula is C15H14Cl2N2O3S. The molecular weight excluding hydrogens is 359 g/mol. The Morgan fingerprint density at radius 3 is 2.35 bits per heavy atom. The third-order valence-corrected chi connectivity index (χ3v) is 5.09. The number of halogens is 2. The zero-order valence-corrected chi connectivity index (χ0v) is 14.3. The number of benzene rings is 2. The number of carbonyl (C=O) groups is 1.